The molecule has 23 heavy (non-hydrogen) atoms. The summed E-state index contributed by atoms with van der Waals surface area (Å²) >= 11 is 0. The van der Waals surface area contributed by atoms with Crippen molar-refractivity contribution in [3.63, 3.8) is 0 Å². The number of amides is 1. The van der Waals surface area contributed by atoms with Crippen LogP contribution in [0.4, 0.5) is 19.0 Å². The molecule has 1 aromatic heterocycles. The van der Waals surface area contributed by atoms with Crippen molar-refractivity contribution in [2.45, 2.75) is 6.18 Å². The van der Waals surface area contributed by atoms with E-state index in [-0.39, 0.29) is 5.56 Å². The molecule has 0 aliphatic carbocycles. The second kappa shape index (κ2) is 5.72. The molecule has 0 aliphatic rings. The Morgan fingerprint density at radius 1 is 1.00 bits per heavy atom. The summed E-state index contributed by atoms with van der Waals surface area (Å²) in [5.74, 6) is -0.328. The third-order valence-electron chi connectivity index (χ3n) is 3.36. The standard InChI is InChI=1S/C17H11F3N2O/c18-17(19,20)13-6-3-5-12(10-13)16(23)22-15-14-7-2-1-4-11(14)8-9-21-15/h1-10H,(H,21,22,23). The molecule has 3 nitrogen and oxygen atoms in total. The van der Waals surface area contributed by atoms with Crippen molar-refractivity contribution < 1.29 is 18.0 Å². The highest BCUT2D eigenvalue weighted by molar-refractivity contribution is 6.08. The van der Waals surface area contributed by atoms with Crippen LogP contribution in [0.25, 0.3) is 10.8 Å². The number of carbonyl (C=O) groups is 1. The summed E-state index contributed by atoms with van der Waals surface area (Å²) in [4.78, 5) is 16.3. The number of hydrogen-bond acceptors (Lipinski definition) is 2. The van der Waals surface area contributed by atoms with Gasteiger partial charge in [-0.3, -0.25) is 4.79 Å². The molecule has 0 radical (unpaired) electrons. The van der Waals surface area contributed by atoms with Crippen LogP contribution in [0.15, 0.2) is 60.8 Å². The highest BCUT2D eigenvalue weighted by atomic mass is 19.4. The van der Waals surface area contributed by atoms with E-state index in [1.165, 1.54) is 18.3 Å². The molecule has 2 aromatic carbocycles. The first-order valence-electron chi connectivity index (χ1n) is 6.77. The normalized spacial score (nSPS) is 11.4. The second-order valence-electron chi connectivity index (χ2n) is 4.91. The summed E-state index contributed by atoms with van der Waals surface area (Å²) in [6.07, 6.45) is -2.96. The number of pyridine rings is 1. The van der Waals surface area contributed by atoms with Gasteiger partial charge in [-0.05, 0) is 29.7 Å². The van der Waals surface area contributed by atoms with Crippen LogP contribution in [0.1, 0.15) is 15.9 Å². The van der Waals surface area contributed by atoms with Crippen LogP contribution in [0.5, 0.6) is 0 Å². The van der Waals surface area contributed by atoms with Gasteiger partial charge in [-0.25, -0.2) is 4.98 Å². The van der Waals surface area contributed by atoms with E-state index in [9.17, 15) is 18.0 Å². The number of benzene rings is 2. The molecule has 0 unspecified atom stereocenters. The van der Waals surface area contributed by atoms with Crippen LogP contribution in [0.2, 0.25) is 0 Å². The van der Waals surface area contributed by atoms with Gasteiger partial charge in [0.05, 0.1) is 5.56 Å². The molecular weight excluding hydrogens is 305 g/mol. The van der Waals surface area contributed by atoms with Crippen molar-refractivity contribution >= 4 is 22.5 Å². The van der Waals surface area contributed by atoms with Gasteiger partial charge in [0.1, 0.15) is 5.82 Å². The van der Waals surface area contributed by atoms with E-state index >= 15 is 0 Å². The molecule has 116 valence electrons. The molecule has 0 spiro atoms. The number of nitrogens with one attached hydrogen (secondary N) is 1. The second-order valence-corrected chi connectivity index (χ2v) is 4.91. The molecule has 6 heteroatoms. The maximum Gasteiger partial charge on any atom is 0.416 e. The van der Waals surface area contributed by atoms with Gasteiger partial charge in [-0.15, -0.1) is 0 Å². The van der Waals surface area contributed by atoms with Gasteiger partial charge in [0.15, 0.2) is 0 Å². The third kappa shape index (κ3) is 3.15. The summed E-state index contributed by atoms with van der Waals surface area (Å²) in [6, 6.07) is 13.3. The van der Waals surface area contributed by atoms with E-state index in [0.29, 0.717) is 5.82 Å². The number of nitrogens with zero attached hydrogens (tertiary/aromatic N) is 1. The molecule has 0 atom stereocenters. The number of aromatic nitrogens is 1. The first-order valence-corrected chi connectivity index (χ1v) is 6.77. The topological polar surface area (TPSA) is 42.0 Å². The average Bonchev–Trinajstić information content (AvgIpc) is 2.54. The molecule has 0 aliphatic heterocycles. The predicted octanol–water partition coefficient (Wildman–Crippen LogP) is 4.51. The number of alkyl halides is 3. The Hall–Kier alpha value is -2.89. The van der Waals surface area contributed by atoms with Crippen molar-refractivity contribution in [2.75, 3.05) is 5.32 Å². The Labute approximate surface area is 129 Å². The fraction of sp³-hybridized carbons (Fsp3) is 0.0588. The van der Waals surface area contributed by atoms with Crippen LogP contribution in [0, 0.1) is 0 Å². The minimum atomic E-state index is -4.49. The van der Waals surface area contributed by atoms with Gasteiger partial charge in [0.25, 0.3) is 5.91 Å². The molecule has 1 amide bonds. The zero-order valence-corrected chi connectivity index (χ0v) is 11.8. The van der Waals surface area contributed by atoms with Crippen LogP contribution >= 0.6 is 0 Å². The minimum absolute atomic E-state index is 0.0745. The third-order valence-corrected chi connectivity index (χ3v) is 3.36. The number of hydrogen-bond donors (Lipinski definition) is 1. The molecule has 0 fully saturated rings. The molecule has 3 aromatic rings. The lowest BCUT2D eigenvalue weighted by Crippen LogP contribution is -2.15. The van der Waals surface area contributed by atoms with E-state index in [0.717, 1.165) is 22.9 Å². The molecule has 3 rings (SSSR count). The SMILES string of the molecule is O=C(Nc1nccc2ccccc12)c1cccc(C(F)(F)F)c1. The van der Waals surface area contributed by atoms with Crippen molar-refractivity contribution in [3.8, 4) is 0 Å². The molecule has 1 N–H and O–H groups in total. The summed E-state index contributed by atoms with van der Waals surface area (Å²) in [5.41, 5.74) is -0.939. The summed E-state index contributed by atoms with van der Waals surface area (Å²) < 4.78 is 38.2. The number of rotatable bonds is 2. The summed E-state index contributed by atoms with van der Waals surface area (Å²) in [5, 5.41) is 4.16. The van der Waals surface area contributed by atoms with E-state index in [4.69, 9.17) is 0 Å². The first-order chi connectivity index (χ1) is 10.9. The Balaban J connectivity index is 1.92. The van der Waals surface area contributed by atoms with Crippen LogP contribution < -0.4 is 5.32 Å². The first kappa shape index (κ1) is 15.0. The molecule has 0 saturated heterocycles. The van der Waals surface area contributed by atoms with Crippen molar-refractivity contribution in [2.24, 2.45) is 0 Å². The maximum atomic E-state index is 12.7. The van der Waals surface area contributed by atoms with E-state index in [2.05, 4.69) is 10.3 Å². The number of fused-ring (bicyclic) bond motifs is 1. The molecule has 0 saturated carbocycles. The largest absolute Gasteiger partial charge is 0.416 e. The summed E-state index contributed by atoms with van der Waals surface area (Å²) in [6.45, 7) is 0. The highest BCUT2D eigenvalue weighted by Crippen LogP contribution is 2.29. The van der Waals surface area contributed by atoms with Gasteiger partial charge < -0.3 is 5.32 Å². The van der Waals surface area contributed by atoms with Gasteiger partial charge in [0, 0.05) is 17.1 Å². The van der Waals surface area contributed by atoms with E-state index in [1.54, 1.807) is 18.2 Å². The number of carbonyl (C=O) groups excluding carboxylic acids is 1. The van der Waals surface area contributed by atoms with Crippen molar-refractivity contribution in [3.05, 3.63) is 71.9 Å². The molecular formula is C17H11F3N2O. The van der Waals surface area contributed by atoms with Crippen molar-refractivity contribution in [1.82, 2.24) is 4.98 Å². The molecule has 0 bridgehead atoms. The lowest BCUT2D eigenvalue weighted by atomic mass is 10.1. The lowest BCUT2D eigenvalue weighted by Gasteiger charge is -2.10. The monoisotopic (exact) mass is 316 g/mol. The summed E-state index contributed by atoms with van der Waals surface area (Å²) in [7, 11) is 0. The maximum absolute atomic E-state index is 12.7. The Kier molecular flexibility index (Phi) is 3.73. The van der Waals surface area contributed by atoms with Crippen LogP contribution in [-0.4, -0.2) is 10.9 Å². The zero-order valence-electron chi connectivity index (χ0n) is 11.8. The average molecular weight is 316 g/mol. The van der Waals surface area contributed by atoms with E-state index < -0.39 is 17.6 Å². The Bertz CT molecular complexity index is 870. The van der Waals surface area contributed by atoms with Gasteiger partial charge in [-0.1, -0.05) is 30.3 Å². The smallest absolute Gasteiger partial charge is 0.306 e. The highest BCUT2D eigenvalue weighted by Gasteiger charge is 2.30. The Morgan fingerprint density at radius 2 is 1.78 bits per heavy atom. The quantitative estimate of drug-likeness (QED) is 0.756. The van der Waals surface area contributed by atoms with Gasteiger partial charge in [-0.2, -0.15) is 13.2 Å². The number of anilines is 1. The van der Waals surface area contributed by atoms with Crippen molar-refractivity contribution in [1.29, 1.82) is 0 Å². The molecule has 1 heterocycles. The fourth-order valence-electron chi connectivity index (χ4n) is 2.24. The minimum Gasteiger partial charge on any atom is -0.306 e. The van der Waals surface area contributed by atoms with Gasteiger partial charge >= 0.3 is 6.18 Å². The predicted molar refractivity (Wildman–Crippen MR) is 81.1 cm³/mol. The number of halogens is 3. The lowest BCUT2D eigenvalue weighted by molar-refractivity contribution is -0.137. The zero-order chi connectivity index (χ0) is 16.4. The van der Waals surface area contributed by atoms with Crippen LogP contribution in [0.3, 0.4) is 0 Å². The fourth-order valence-corrected chi connectivity index (χ4v) is 2.24. The van der Waals surface area contributed by atoms with E-state index in [1.807, 2.05) is 12.1 Å². The van der Waals surface area contributed by atoms with Crippen LogP contribution in [-0.2, 0) is 6.18 Å². The Morgan fingerprint density at radius 3 is 2.57 bits per heavy atom. The van der Waals surface area contributed by atoms with Gasteiger partial charge in [0.2, 0.25) is 0 Å².